The van der Waals surface area contributed by atoms with Crippen LogP contribution < -0.4 is 11.5 Å². The van der Waals surface area contributed by atoms with Gasteiger partial charge in [0.15, 0.2) is 5.70 Å². The van der Waals surface area contributed by atoms with E-state index in [2.05, 4.69) is 4.99 Å². The van der Waals surface area contributed by atoms with Crippen LogP contribution in [0.4, 0.5) is 8.78 Å². The van der Waals surface area contributed by atoms with E-state index in [1.807, 2.05) is 20.8 Å². The number of benzene rings is 1. The summed E-state index contributed by atoms with van der Waals surface area (Å²) < 4.78 is 27.0. The van der Waals surface area contributed by atoms with E-state index < -0.39 is 11.8 Å². The molecule has 0 atom stereocenters. The van der Waals surface area contributed by atoms with Gasteiger partial charge < -0.3 is 16.6 Å². The Morgan fingerprint density at radius 1 is 1.23 bits per heavy atom. The molecule has 0 spiro atoms. The van der Waals surface area contributed by atoms with Crippen LogP contribution in [0, 0.1) is 12.8 Å². The Kier molecular flexibility index (Phi) is 7.39. The van der Waals surface area contributed by atoms with Gasteiger partial charge in [-0.25, -0.2) is 13.8 Å². The summed E-state index contributed by atoms with van der Waals surface area (Å²) in [6, 6.07) is 4.93. The molecule has 30 heavy (non-hydrogen) atoms. The van der Waals surface area contributed by atoms with Crippen molar-refractivity contribution in [2.45, 2.75) is 65.7 Å². The molecule has 5 nitrogen and oxygen atoms in total. The van der Waals surface area contributed by atoms with Gasteiger partial charge in [0, 0.05) is 24.1 Å². The number of primary amides is 1. The number of halogens is 2. The molecule has 164 valence electrons. The minimum absolute atomic E-state index is 0.0771. The van der Waals surface area contributed by atoms with Gasteiger partial charge in [-0.05, 0) is 69.2 Å². The van der Waals surface area contributed by atoms with E-state index in [1.54, 1.807) is 25.1 Å². The van der Waals surface area contributed by atoms with Gasteiger partial charge in [0.25, 0.3) is 5.91 Å². The van der Waals surface area contributed by atoms with Crippen molar-refractivity contribution < 1.29 is 18.7 Å². The average molecular weight is 420 g/mol. The minimum atomic E-state index is -2.64. The molecule has 1 aromatic carbocycles. The number of rotatable bonds is 6. The van der Waals surface area contributed by atoms with Crippen LogP contribution in [0.1, 0.15) is 64.0 Å². The number of allylic oxidation sites excluding steroid dienone is 2. The number of phenolic OH excluding ortho intramolecular Hbond substituents is 1. The summed E-state index contributed by atoms with van der Waals surface area (Å²) in [5.41, 5.74) is 15.7. The molecule has 2 rings (SSSR count). The van der Waals surface area contributed by atoms with Crippen LogP contribution >= 0.6 is 0 Å². The number of aromatic hydroxyl groups is 1. The number of aryl methyl sites for hydroxylation is 1. The van der Waals surface area contributed by atoms with E-state index in [9.17, 15) is 18.7 Å². The SMILES string of the molecule is CC/C(C)=C(/C(N)=C(\N=C(C)C1CCC(F)(F)CC1)C(N)=O)c1cc(O)ccc1C. The lowest BCUT2D eigenvalue weighted by atomic mass is 9.84. The normalized spacial score (nSPS) is 19.2. The number of alkyl halides is 2. The Bertz CT molecular complexity index is 907. The monoisotopic (exact) mass is 419 g/mol. The third-order valence-corrected chi connectivity index (χ3v) is 5.80. The van der Waals surface area contributed by atoms with Gasteiger partial charge in [-0.2, -0.15) is 0 Å². The second-order valence-electron chi connectivity index (χ2n) is 8.02. The van der Waals surface area contributed by atoms with E-state index in [1.165, 1.54) is 0 Å². The number of nitrogens with zero attached hydrogens (tertiary/aromatic N) is 1. The lowest BCUT2D eigenvalue weighted by Crippen LogP contribution is -2.28. The molecule has 0 saturated heterocycles. The van der Waals surface area contributed by atoms with Gasteiger partial charge in [-0.1, -0.05) is 18.6 Å². The standard InChI is InChI=1S/C23H31F2N3O2/c1-5-13(2)19(18-12-17(29)7-6-14(18)3)20(26)21(22(27)30)28-15(4)16-8-10-23(24,25)11-9-16/h6-7,12,16,29H,5,8-11,26H2,1-4H3,(H2,27,30)/b19-13+,21-20+,28-15?. The molecule has 7 heteroatoms. The first-order valence-electron chi connectivity index (χ1n) is 10.2. The fourth-order valence-corrected chi connectivity index (χ4v) is 3.75. The lowest BCUT2D eigenvalue weighted by Gasteiger charge is -2.28. The van der Waals surface area contributed by atoms with Crippen LogP contribution in [0.2, 0.25) is 0 Å². The van der Waals surface area contributed by atoms with Crippen LogP contribution in [-0.4, -0.2) is 22.6 Å². The highest BCUT2D eigenvalue weighted by atomic mass is 19.3. The van der Waals surface area contributed by atoms with E-state index in [-0.39, 0.29) is 35.9 Å². The Balaban J connectivity index is 2.57. The maximum atomic E-state index is 13.5. The van der Waals surface area contributed by atoms with Crippen molar-refractivity contribution in [1.29, 1.82) is 0 Å². The summed E-state index contributed by atoms with van der Waals surface area (Å²) >= 11 is 0. The van der Waals surface area contributed by atoms with Crippen LogP contribution in [0.5, 0.6) is 5.75 Å². The molecule has 0 unspecified atom stereocenters. The Morgan fingerprint density at radius 3 is 2.37 bits per heavy atom. The highest BCUT2D eigenvalue weighted by molar-refractivity contribution is 6.01. The first kappa shape index (κ1) is 23.6. The van der Waals surface area contributed by atoms with Crippen molar-refractivity contribution in [2.24, 2.45) is 22.4 Å². The lowest BCUT2D eigenvalue weighted by molar-refractivity contribution is -0.114. The van der Waals surface area contributed by atoms with Crippen LogP contribution in [0.3, 0.4) is 0 Å². The molecule has 0 radical (unpaired) electrons. The molecular formula is C23H31F2N3O2. The molecule has 1 aliphatic carbocycles. The zero-order valence-corrected chi connectivity index (χ0v) is 18.1. The highest BCUT2D eigenvalue weighted by Gasteiger charge is 2.36. The average Bonchev–Trinajstić information content (AvgIpc) is 2.68. The number of aliphatic imine (C=N–C) groups is 1. The quantitative estimate of drug-likeness (QED) is 0.350. The van der Waals surface area contributed by atoms with E-state index in [0.29, 0.717) is 36.1 Å². The highest BCUT2D eigenvalue weighted by Crippen LogP contribution is 2.37. The predicted molar refractivity (Wildman–Crippen MR) is 116 cm³/mol. The molecule has 0 aliphatic heterocycles. The molecule has 1 aliphatic rings. The number of amides is 1. The van der Waals surface area contributed by atoms with E-state index >= 15 is 0 Å². The van der Waals surface area contributed by atoms with Gasteiger partial charge in [-0.3, -0.25) is 4.79 Å². The van der Waals surface area contributed by atoms with Crippen LogP contribution in [0.15, 0.2) is 40.2 Å². The summed E-state index contributed by atoms with van der Waals surface area (Å²) in [5, 5.41) is 9.97. The summed E-state index contributed by atoms with van der Waals surface area (Å²) in [7, 11) is 0. The number of hydrogen-bond donors (Lipinski definition) is 3. The van der Waals surface area contributed by atoms with Gasteiger partial charge in [0.1, 0.15) is 5.75 Å². The van der Waals surface area contributed by atoms with Crippen molar-refractivity contribution in [3.8, 4) is 5.75 Å². The van der Waals surface area contributed by atoms with Crippen LogP contribution in [-0.2, 0) is 4.79 Å². The molecule has 0 bridgehead atoms. The number of phenols is 1. The zero-order chi connectivity index (χ0) is 22.6. The fraction of sp³-hybridized carbons (Fsp3) is 0.478. The smallest absolute Gasteiger partial charge is 0.269 e. The topological polar surface area (TPSA) is 102 Å². The van der Waals surface area contributed by atoms with Crippen molar-refractivity contribution in [3.05, 3.63) is 46.3 Å². The van der Waals surface area contributed by atoms with E-state index in [4.69, 9.17) is 11.5 Å². The van der Waals surface area contributed by atoms with Crippen molar-refractivity contribution in [2.75, 3.05) is 0 Å². The maximum Gasteiger partial charge on any atom is 0.269 e. The van der Waals surface area contributed by atoms with Crippen LogP contribution in [0.25, 0.3) is 5.57 Å². The maximum absolute atomic E-state index is 13.5. The van der Waals surface area contributed by atoms with Crippen molar-refractivity contribution in [1.82, 2.24) is 0 Å². The molecule has 1 aromatic rings. The van der Waals surface area contributed by atoms with Gasteiger partial charge in [0.05, 0.1) is 5.70 Å². The summed E-state index contributed by atoms with van der Waals surface area (Å²) in [4.78, 5) is 16.7. The number of carbonyl (C=O) groups excluding carboxylic acids is 1. The molecule has 0 aromatic heterocycles. The molecule has 1 saturated carbocycles. The third-order valence-electron chi connectivity index (χ3n) is 5.80. The summed E-state index contributed by atoms with van der Waals surface area (Å²) in [5.74, 6) is -3.49. The third kappa shape index (κ3) is 5.46. The molecule has 1 fully saturated rings. The summed E-state index contributed by atoms with van der Waals surface area (Å²) in [6.07, 6.45) is 0.876. The van der Waals surface area contributed by atoms with Gasteiger partial charge in [-0.15, -0.1) is 0 Å². The number of hydrogen-bond acceptors (Lipinski definition) is 4. The van der Waals surface area contributed by atoms with E-state index in [0.717, 1.165) is 11.1 Å². The van der Waals surface area contributed by atoms with Gasteiger partial charge in [0.2, 0.25) is 5.92 Å². The number of carbonyl (C=O) groups is 1. The summed E-state index contributed by atoms with van der Waals surface area (Å²) in [6.45, 7) is 7.46. The first-order chi connectivity index (χ1) is 14.0. The molecule has 1 amide bonds. The second kappa shape index (κ2) is 9.41. The van der Waals surface area contributed by atoms with Crippen molar-refractivity contribution in [3.63, 3.8) is 0 Å². The Hall–Kier alpha value is -2.70. The number of nitrogens with two attached hydrogens (primary N) is 2. The predicted octanol–water partition coefficient (Wildman–Crippen LogP) is 4.83. The Labute approximate surface area is 176 Å². The fourth-order valence-electron chi connectivity index (χ4n) is 3.75. The Morgan fingerprint density at radius 2 is 1.83 bits per heavy atom. The zero-order valence-electron chi connectivity index (χ0n) is 18.1. The second-order valence-corrected chi connectivity index (χ2v) is 8.02. The van der Waals surface area contributed by atoms with Crippen molar-refractivity contribution >= 4 is 17.2 Å². The first-order valence-corrected chi connectivity index (χ1v) is 10.2. The molecule has 0 heterocycles. The molecular weight excluding hydrogens is 388 g/mol. The largest absolute Gasteiger partial charge is 0.508 e. The molecule has 5 N–H and O–H groups in total. The minimum Gasteiger partial charge on any atom is -0.508 e. The van der Waals surface area contributed by atoms with Gasteiger partial charge >= 0.3 is 0 Å².